The van der Waals surface area contributed by atoms with Crippen molar-refractivity contribution >= 4 is 5.71 Å². The van der Waals surface area contributed by atoms with Crippen LogP contribution in [0.4, 0.5) is 0 Å². The molecule has 7 N–H and O–H groups in total. The molecular weight excluding hydrogens is 396 g/mol. The molecule has 0 saturated carbocycles. The van der Waals surface area contributed by atoms with E-state index in [4.69, 9.17) is 26.1 Å². The Morgan fingerprint density at radius 3 is 1.68 bits per heavy atom. The van der Waals surface area contributed by atoms with E-state index in [1.165, 1.54) is 70.6 Å². The van der Waals surface area contributed by atoms with Crippen LogP contribution in [0.1, 0.15) is 110 Å². The molecule has 0 aliphatic carbocycles. The van der Waals surface area contributed by atoms with E-state index in [1.54, 1.807) is 0 Å². The third-order valence-electron chi connectivity index (χ3n) is 5.05. The maximum Gasteiger partial charge on any atom is 0.167 e. The van der Waals surface area contributed by atoms with Crippen molar-refractivity contribution in [3.63, 3.8) is 0 Å². The average Bonchev–Trinajstić information content (AvgIpc) is 2.69. The van der Waals surface area contributed by atoms with E-state index in [9.17, 15) is 5.11 Å². The Morgan fingerprint density at radius 1 is 0.774 bits per heavy atom. The van der Waals surface area contributed by atoms with Gasteiger partial charge in [0.25, 0.3) is 0 Å². The number of aliphatic imine (C=N–C) groups is 1. The lowest BCUT2D eigenvalue weighted by atomic mass is 10.0. The molecule has 0 amide bonds. The topological polar surface area (TPSA) is 135 Å². The number of nitrogens with zero attached hydrogens (tertiary/aromatic N) is 1. The third-order valence-corrected chi connectivity index (χ3v) is 5.05. The molecule has 0 aromatic heterocycles. The number of nitrogens with two attached hydrogens (primary N) is 2. The maximum atomic E-state index is 9.73. The highest BCUT2D eigenvalue weighted by Crippen LogP contribution is 2.14. The number of aliphatic hydroxyl groups is 2. The minimum atomic E-state index is -1.01. The molecule has 0 aromatic rings. The summed E-state index contributed by atoms with van der Waals surface area (Å²) < 4.78 is 4.91. The molecule has 3 unspecified atom stereocenters. The van der Waals surface area contributed by atoms with Gasteiger partial charge in [0.15, 0.2) is 6.79 Å². The SMILES string of the molecule is CC(C)=NC(N)CCCCCCCCCCCCCCCC(O)NOCOCC(N)O. The van der Waals surface area contributed by atoms with Crippen LogP contribution in [0.15, 0.2) is 4.99 Å². The largest absolute Gasteiger partial charge is 0.377 e. The Morgan fingerprint density at radius 2 is 1.23 bits per heavy atom. The summed E-state index contributed by atoms with van der Waals surface area (Å²) in [6.45, 7) is 3.94. The number of aliphatic hydroxyl groups excluding tert-OH is 2. The van der Waals surface area contributed by atoms with Crippen LogP contribution in [0.5, 0.6) is 0 Å². The fourth-order valence-corrected chi connectivity index (χ4v) is 3.43. The maximum absolute atomic E-state index is 9.73. The normalized spacial score (nSPS) is 14.4. The van der Waals surface area contributed by atoms with Crippen molar-refractivity contribution in [2.75, 3.05) is 13.4 Å². The Bertz CT molecular complexity index is 407. The second-order valence-corrected chi connectivity index (χ2v) is 8.65. The molecule has 0 spiro atoms. The van der Waals surface area contributed by atoms with Gasteiger partial charge in [-0.3, -0.25) is 9.83 Å². The zero-order valence-electron chi connectivity index (χ0n) is 20.1. The van der Waals surface area contributed by atoms with Crippen LogP contribution in [0.3, 0.4) is 0 Å². The highest BCUT2D eigenvalue weighted by molar-refractivity contribution is 5.79. The van der Waals surface area contributed by atoms with E-state index in [2.05, 4.69) is 10.5 Å². The summed E-state index contributed by atoms with van der Waals surface area (Å²) in [7, 11) is 0. The van der Waals surface area contributed by atoms with E-state index in [0.717, 1.165) is 25.0 Å². The summed E-state index contributed by atoms with van der Waals surface area (Å²) in [6, 6.07) is 0. The number of rotatable bonds is 23. The minimum Gasteiger partial charge on any atom is -0.377 e. The van der Waals surface area contributed by atoms with Gasteiger partial charge >= 0.3 is 0 Å². The van der Waals surface area contributed by atoms with Crippen molar-refractivity contribution < 1.29 is 19.8 Å². The number of ether oxygens (including phenoxy) is 1. The molecule has 0 aromatic carbocycles. The van der Waals surface area contributed by atoms with Crippen molar-refractivity contribution in [3.8, 4) is 0 Å². The molecule has 8 heteroatoms. The zero-order valence-corrected chi connectivity index (χ0v) is 20.1. The van der Waals surface area contributed by atoms with Gasteiger partial charge < -0.3 is 26.4 Å². The second kappa shape index (κ2) is 22.6. The number of unbranched alkanes of at least 4 members (excludes halogenated alkanes) is 12. The minimum absolute atomic E-state index is 0.00258. The molecule has 0 aliphatic heterocycles. The van der Waals surface area contributed by atoms with Crippen molar-refractivity contribution in [3.05, 3.63) is 0 Å². The predicted octanol–water partition coefficient (Wildman–Crippen LogP) is 3.69. The molecule has 0 bridgehead atoms. The van der Waals surface area contributed by atoms with Crippen LogP contribution in [0.2, 0.25) is 0 Å². The Kier molecular flexibility index (Phi) is 22.1. The van der Waals surface area contributed by atoms with Crippen molar-refractivity contribution in [1.29, 1.82) is 0 Å². The van der Waals surface area contributed by atoms with Crippen molar-refractivity contribution in [1.82, 2.24) is 5.48 Å². The summed E-state index contributed by atoms with van der Waals surface area (Å²) in [5.74, 6) is 0. The lowest BCUT2D eigenvalue weighted by molar-refractivity contribution is -0.150. The van der Waals surface area contributed by atoms with Gasteiger partial charge in [0.2, 0.25) is 0 Å². The summed E-state index contributed by atoms with van der Waals surface area (Å²) in [5.41, 5.74) is 14.6. The Labute approximate surface area is 190 Å². The molecule has 0 rings (SSSR count). The molecule has 3 atom stereocenters. The zero-order chi connectivity index (χ0) is 23.2. The Balaban J connectivity index is 3.20. The molecule has 31 heavy (non-hydrogen) atoms. The van der Waals surface area contributed by atoms with Gasteiger partial charge in [-0.25, -0.2) is 0 Å². The van der Waals surface area contributed by atoms with E-state index < -0.39 is 12.5 Å². The predicted molar refractivity (Wildman–Crippen MR) is 127 cm³/mol. The number of hydrogen-bond acceptors (Lipinski definition) is 8. The van der Waals surface area contributed by atoms with Gasteiger partial charge in [0.1, 0.15) is 12.5 Å². The fraction of sp³-hybridized carbons (Fsp3) is 0.957. The first-order valence-corrected chi connectivity index (χ1v) is 12.2. The van der Waals surface area contributed by atoms with Gasteiger partial charge in [0.05, 0.1) is 12.8 Å². The number of hydrogen-bond donors (Lipinski definition) is 5. The average molecular weight is 447 g/mol. The van der Waals surface area contributed by atoms with Gasteiger partial charge in [-0.1, -0.05) is 70.6 Å². The first kappa shape index (κ1) is 30.4. The number of hydroxylamine groups is 1. The monoisotopic (exact) mass is 446 g/mol. The van der Waals surface area contributed by atoms with E-state index >= 15 is 0 Å². The van der Waals surface area contributed by atoms with Crippen molar-refractivity contribution in [2.45, 2.75) is 129 Å². The van der Waals surface area contributed by atoms with Gasteiger partial charge in [0, 0.05) is 5.71 Å². The van der Waals surface area contributed by atoms with Crippen molar-refractivity contribution in [2.24, 2.45) is 16.5 Å². The standard InChI is InChI=1S/C23H50N4O4/c1-20(2)26-21(24)16-14-12-10-8-6-4-3-5-7-9-11-13-15-17-23(29)27-31-19-30-18-22(25)28/h21-23,27-29H,3-19,24-25H2,1-2H3. The third kappa shape index (κ3) is 25.5. The van der Waals surface area contributed by atoms with Crippen LogP contribution < -0.4 is 16.9 Å². The van der Waals surface area contributed by atoms with E-state index in [0.29, 0.717) is 6.42 Å². The van der Waals surface area contributed by atoms with Crippen LogP contribution in [-0.4, -0.2) is 47.9 Å². The van der Waals surface area contributed by atoms with E-state index in [-0.39, 0.29) is 19.6 Å². The fourth-order valence-electron chi connectivity index (χ4n) is 3.43. The summed E-state index contributed by atoms with van der Waals surface area (Å²) in [4.78, 5) is 9.31. The molecule has 0 fully saturated rings. The summed E-state index contributed by atoms with van der Waals surface area (Å²) in [5, 5.41) is 18.5. The smallest absolute Gasteiger partial charge is 0.167 e. The van der Waals surface area contributed by atoms with Gasteiger partial charge in [-0.15, -0.1) is 0 Å². The van der Waals surface area contributed by atoms with Crippen LogP contribution in [0, 0.1) is 0 Å². The molecular formula is C23H50N4O4. The molecule has 0 radical (unpaired) electrons. The molecule has 8 nitrogen and oxygen atoms in total. The molecule has 0 aliphatic rings. The Hall–Kier alpha value is -0.610. The summed E-state index contributed by atoms with van der Waals surface area (Å²) in [6.07, 6.45) is 16.3. The number of nitrogens with one attached hydrogen (secondary N) is 1. The lowest BCUT2D eigenvalue weighted by Gasteiger charge is -2.13. The van der Waals surface area contributed by atoms with Gasteiger partial charge in [-0.2, -0.15) is 5.48 Å². The first-order valence-electron chi connectivity index (χ1n) is 12.2. The van der Waals surface area contributed by atoms with Gasteiger partial charge in [-0.05, 0) is 39.5 Å². The van der Waals surface area contributed by atoms with E-state index in [1.807, 2.05) is 13.8 Å². The molecule has 0 saturated heterocycles. The van der Waals surface area contributed by atoms with Crippen LogP contribution >= 0.6 is 0 Å². The molecule has 186 valence electrons. The lowest BCUT2D eigenvalue weighted by Crippen LogP contribution is -2.31. The highest BCUT2D eigenvalue weighted by Gasteiger charge is 2.03. The quantitative estimate of drug-likeness (QED) is 0.0699. The van der Waals surface area contributed by atoms with Crippen LogP contribution in [0.25, 0.3) is 0 Å². The highest BCUT2D eigenvalue weighted by atomic mass is 16.8. The molecule has 0 heterocycles. The summed E-state index contributed by atoms with van der Waals surface area (Å²) >= 11 is 0. The first-order chi connectivity index (χ1) is 14.9. The van der Waals surface area contributed by atoms with Crippen LogP contribution in [-0.2, 0) is 9.57 Å². The second-order valence-electron chi connectivity index (χ2n) is 8.65.